The molecule has 2 aliphatic rings. The van der Waals surface area contributed by atoms with Gasteiger partial charge < -0.3 is 4.52 Å². The Labute approximate surface area is 169 Å². The number of fused-ring (bicyclic) bond motifs is 2. The topological polar surface area (TPSA) is 89.2 Å². The highest BCUT2D eigenvalue weighted by atomic mass is 32.2. The summed E-state index contributed by atoms with van der Waals surface area (Å²) in [6.07, 6.45) is 6.63. The van der Waals surface area contributed by atoms with Crippen LogP contribution in [-0.2, 0) is 15.8 Å². The number of rotatable bonds is 5. The first-order valence-electron chi connectivity index (χ1n) is 9.89. The minimum absolute atomic E-state index is 0.00111. The summed E-state index contributed by atoms with van der Waals surface area (Å²) < 4.78 is 33.5. The third-order valence-electron chi connectivity index (χ3n) is 5.89. The van der Waals surface area contributed by atoms with Crippen LogP contribution in [0.1, 0.15) is 43.1 Å². The van der Waals surface area contributed by atoms with Gasteiger partial charge in [0.25, 0.3) is 0 Å². The van der Waals surface area contributed by atoms with Crippen molar-refractivity contribution in [3.63, 3.8) is 0 Å². The summed E-state index contributed by atoms with van der Waals surface area (Å²) in [7, 11) is -3.36. The van der Waals surface area contributed by atoms with Crippen molar-refractivity contribution in [2.24, 2.45) is 0 Å². The molecule has 3 atom stereocenters. The van der Waals surface area contributed by atoms with Gasteiger partial charge in [0.1, 0.15) is 0 Å². The Morgan fingerprint density at radius 3 is 2.48 bits per heavy atom. The van der Waals surface area contributed by atoms with Crippen LogP contribution in [0.25, 0.3) is 11.4 Å². The molecule has 0 aliphatic carbocycles. The Hall–Kier alpha value is -2.58. The van der Waals surface area contributed by atoms with Crippen LogP contribution in [0.5, 0.6) is 0 Å². The first-order valence-corrected chi connectivity index (χ1v) is 11.5. The van der Waals surface area contributed by atoms with Gasteiger partial charge in [-0.05, 0) is 43.4 Å². The average Bonchev–Trinajstić information content (AvgIpc) is 3.33. The van der Waals surface area contributed by atoms with Crippen LogP contribution in [0.15, 0.2) is 59.4 Å². The lowest BCUT2D eigenvalue weighted by atomic mass is 9.92. The molecule has 5 rings (SSSR count). The summed E-state index contributed by atoms with van der Waals surface area (Å²) in [6.45, 7) is 0. The Morgan fingerprint density at radius 1 is 1.03 bits per heavy atom. The number of nitrogens with zero attached hydrogens (tertiary/aromatic N) is 4. The van der Waals surface area contributed by atoms with Crippen molar-refractivity contribution in [3.8, 4) is 11.4 Å². The highest BCUT2D eigenvalue weighted by Crippen LogP contribution is 2.44. The van der Waals surface area contributed by atoms with Crippen LogP contribution in [0.3, 0.4) is 0 Å². The van der Waals surface area contributed by atoms with E-state index in [0.717, 1.165) is 36.8 Å². The van der Waals surface area contributed by atoms with E-state index in [9.17, 15) is 8.42 Å². The number of hydrogen-bond donors (Lipinski definition) is 0. The summed E-state index contributed by atoms with van der Waals surface area (Å²) in [5, 5.41) is 4.10. The molecule has 2 saturated heterocycles. The first kappa shape index (κ1) is 18.4. The Balaban J connectivity index is 1.33. The van der Waals surface area contributed by atoms with Crippen LogP contribution >= 0.6 is 0 Å². The molecule has 0 saturated carbocycles. The fourth-order valence-corrected chi connectivity index (χ4v) is 6.72. The number of aromatic nitrogens is 3. The molecule has 29 heavy (non-hydrogen) atoms. The van der Waals surface area contributed by atoms with Crippen molar-refractivity contribution >= 4 is 10.0 Å². The molecule has 2 fully saturated rings. The Morgan fingerprint density at radius 2 is 1.79 bits per heavy atom. The highest BCUT2D eigenvalue weighted by Gasteiger charge is 2.48. The molecule has 2 bridgehead atoms. The molecule has 4 heterocycles. The standard InChI is InChI=1S/C21H22N4O3S/c26-29(27,14-15-5-2-1-3-6-15)25-18-8-9-19(25)12-17(11-18)21-23-20(24-28-21)16-7-4-10-22-13-16/h1-7,10,13,17-19H,8-9,11-12,14H2/t17?,18-,19+. The predicted octanol–water partition coefficient (Wildman–Crippen LogP) is 3.37. The zero-order chi connectivity index (χ0) is 19.8. The molecule has 7 nitrogen and oxygen atoms in total. The largest absolute Gasteiger partial charge is 0.339 e. The lowest BCUT2D eigenvalue weighted by Gasteiger charge is -2.36. The molecule has 0 radical (unpaired) electrons. The summed E-state index contributed by atoms with van der Waals surface area (Å²) in [4.78, 5) is 8.66. The van der Waals surface area contributed by atoms with E-state index >= 15 is 0 Å². The van der Waals surface area contributed by atoms with E-state index in [1.54, 1.807) is 16.7 Å². The monoisotopic (exact) mass is 410 g/mol. The van der Waals surface area contributed by atoms with Crippen LogP contribution in [0, 0.1) is 0 Å². The lowest BCUT2D eigenvalue weighted by Crippen LogP contribution is -2.46. The highest BCUT2D eigenvalue weighted by molar-refractivity contribution is 7.88. The molecule has 150 valence electrons. The van der Waals surface area contributed by atoms with Crippen molar-refractivity contribution in [1.82, 2.24) is 19.4 Å². The van der Waals surface area contributed by atoms with Crippen LogP contribution in [0.4, 0.5) is 0 Å². The molecule has 1 aromatic carbocycles. The fourth-order valence-electron chi connectivity index (χ4n) is 4.66. The van der Waals surface area contributed by atoms with Gasteiger partial charge in [0, 0.05) is 36.0 Å². The van der Waals surface area contributed by atoms with Crippen LogP contribution in [0.2, 0.25) is 0 Å². The van der Waals surface area contributed by atoms with Crippen molar-refractivity contribution in [3.05, 3.63) is 66.3 Å². The van der Waals surface area contributed by atoms with E-state index in [1.807, 2.05) is 42.5 Å². The van der Waals surface area contributed by atoms with E-state index in [1.165, 1.54) is 0 Å². The summed E-state index contributed by atoms with van der Waals surface area (Å²) >= 11 is 0. The van der Waals surface area contributed by atoms with E-state index in [0.29, 0.717) is 11.7 Å². The third-order valence-corrected chi connectivity index (χ3v) is 7.83. The molecular weight excluding hydrogens is 388 g/mol. The van der Waals surface area contributed by atoms with Crippen LogP contribution in [-0.4, -0.2) is 39.9 Å². The van der Waals surface area contributed by atoms with Crippen LogP contribution < -0.4 is 0 Å². The van der Waals surface area contributed by atoms with Gasteiger partial charge in [-0.15, -0.1) is 0 Å². The SMILES string of the molecule is O=S(=O)(Cc1ccccc1)N1[C@@H]2CC[C@H]1CC(c1nc(-c3cccnc3)no1)C2. The molecule has 3 aromatic rings. The van der Waals surface area contributed by atoms with Gasteiger partial charge in [-0.25, -0.2) is 8.42 Å². The van der Waals surface area contributed by atoms with Gasteiger partial charge in [0.2, 0.25) is 21.7 Å². The summed E-state index contributed by atoms with van der Waals surface area (Å²) in [5.41, 5.74) is 1.64. The van der Waals surface area contributed by atoms with Crippen molar-refractivity contribution in [2.75, 3.05) is 0 Å². The van der Waals surface area contributed by atoms with E-state index in [2.05, 4.69) is 15.1 Å². The van der Waals surface area contributed by atoms with E-state index in [4.69, 9.17) is 4.52 Å². The molecule has 2 aliphatic heterocycles. The van der Waals surface area contributed by atoms with E-state index in [-0.39, 0.29) is 23.8 Å². The van der Waals surface area contributed by atoms with Gasteiger partial charge >= 0.3 is 0 Å². The normalized spacial score (nSPS) is 24.6. The van der Waals surface area contributed by atoms with E-state index < -0.39 is 10.0 Å². The molecule has 8 heteroatoms. The third kappa shape index (κ3) is 3.58. The van der Waals surface area contributed by atoms with Crippen molar-refractivity contribution < 1.29 is 12.9 Å². The minimum atomic E-state index is -3.36. The first-order chi connectivity index (χ1) is 14.1. The van der Waals surface area contributed by atoms with Gasteiger partial charge in [0.05, 0.1) is 5.75 Å². The maximum Gasteiger partial charge on any atom is 0.230 e. The number of hydrogen-bond acceptors (Lipinski definition) is 6. The number of piperidine rings is 1. The second-order valence-corrected chi connectivity index (χ2v) is 9.70. The zero-order valence-electron chi connectivity index (χ0n) is 15.9. The average molecular weight is 410 g/mol. The number of benzene rings is 1. The maximum absolute atomic E-state index is 13.1. The molecular formula is C21H22N4O3S. The molecule has 0 spiro atoms. The Bertz CT molecular complexity index is 1070. The quantitative estimate of drug-likeness (QED) is 0.641. The molecule has 2 aromatic heterocycles. The van der Waals surface area contributed by atoms with Gasteiger partial charge in [-0.3, -0.25) is 4.98 Å². The second-order valence-electron chi connectivity index (χ2n) is 7.82. The second kappa shape index (κ2) is 7.35. The molecule has 1 unspecified atom stereocenters. The fraction of sp³-hybridized carbons (Fsp3) is 0.381. The number of sulfonamides is 1. The van der Waals surface area contributed by atoms with Crippen molar-refractivity contribution in [2.45, 2.75) is 49.4 Å². The smallest absolute Gasteiger partial charge is 0.230 e. The Kier molecular flexibility index (Phi) is 4.67. The summed E-state index contributed by atoms with van der Waals surface area (Å²) in [5.74, 6) is 1.27. The van der Waals surface area contributed by atoms with Gasteiger partial charge in [-0.2, -0.15) is 9.29 Å². The minimum Gasteiger partial charge on any atom is -0.339 e. The molecule has 0 N–H and O–H groups in total. The zero-order valence-corrected chi connectivity index (χ0v) is 16.7. The lowest BCUT2D eigenvalue weighted by molar-refractivity contribution is 0.201. The molecule has 0 amide bonds. The van der Waals surface area contributed by atoms with Crippen molar-refractivity contribution in [1.29, 1.82) is 0 Å². The maximum atomic E-state index is 13.1. The van der Waals surface area contributed by atoms with Gasteiger partial charge in [-0.1, -0.05) is 35.5 Å². The van der Waals surface area contributed by atoms with Gasteiger partial charge in [0.15, 0.2) is 0 Å². The number of pyridine rings is 1. The summed E-state index contributed by atoms with van der Waals surface area (Å²) in [6, 6.07) is 13.1. The predicted molar refractivity (Wildman–Crippen MR) is 107 cm³/mol.